The summed E-state index contributed by atoms with van der Waals surface area (Å²) in [6.45, 7) is 0.789. The maximum Gasteiger partial charge on any atom is 0.262 e. The van der Waals surface area contributed by atoms with Gasteiger partial charge < -0.3 is 14.4 Å². The molecule has 2 aliphatic rings. The second-order valence-corrected chi connectivity index (χ2v) is 8.17. The van der Waals surface area contributed by atoms with Crippen LogP contribution in [0.1, 0.15) is 36.4 Å². The molecular formula is C25H29N3O4. The van der Waals surface area contributed by atoms with Crippen molar-refractivity contribution in [3.63, 3.8) is 0 Å². The number of hydrogen-bond acceptors (Lipinski definition) is 5. The summed E-state index contributed by atoms with van der Waals surface area (Å²) in [5, 5.41) is 6.27. The molecule has 7 nitrogen and oxygen atoms in total. The van der Waals surface area contributed by atoms with Crippen molar-refractivity contribution in [2.24, 2.45) is 11.0 Å². The average Bonchev–Trinajstić information content (AvgIpc) is 3.59. The summed E-state index contributed by atoms with van der Waals surface area (Å²) in [7, 11) is 3.22. The summed E-state index contributed by atoms with van der Waals surface area (Å²) < 4.78 is 10.5. The third kappa shape index (κ3) is 4.99. The monoisotopic (exact) mass is 435 g/mol. The van der Waals surface area contributed by atoms with Crippen LogP contribution in [0.4, 0.5) is 0 Å². The van der Waals surface area contributed by atoms with Gasteiger partial charge >= 0.3 is 0 Å². The first-order valence-electron chi connectivity index (χ1n) is 11.0. The van der Waals surface area contributed by atoms with E-state index >= 15 is 0 Å². The van der Waals surface area contributed by atoms with Gasteiger partial charge in [0.25, 0.3) is 5.91 Å². The highest BCUT2D eigenvalue weighted by Crippen LogP contribution is 2.34. The van der Waals surface area contributed by atoms with Crippen molar-refractivity contribution in [2.75, 3.05) is 33.9 Å². The summed E-state index contributed by atoms with van der Waals surface area (Å²) in [4.78, 5) is 27.7. The standard InChI is InChI=1S/C25H29N3O4/c1-31-14-13-27(25(30)19-11-12-19)17-24(29)28-23(18-7-4-3-5-8-18)16-22(26-28)20-9-6-10-21(15-20)32-2/h3-10,15,19,23H,11-14,16-17H2,1-2H3/t23-/m1/s1. The Labute approximate surface area is 188 Å². The largest absolute Gasteiger partial charge is 0.497 e. The van der Waals surface area contributed by atoms with Crippen LogP contribution in [0.25, 0.3) is 0 Å². The topological polar surface area (TPSA) is 71.4 Å². The van der Waals surface area contributed by atoms with E-state index in [9.17, 15) is 9.59 Å². The molecule has 1 aliphatic heterocycles. The molecule has 0 bridgehead atoms. The summed E-state index contributed by atoms with van der Waals surface area (Å²) in [6, 6.07) is 17.4. The number of benzene rings is 2. The van der Waals surface area contributed by atoms with Gasteiger partial charge in [-0.25, -0.2) is 5.01 Å². The molecular weight excluding hydrogens is 406 g/mol. The first-order chi connectivity index (χ1) is 15.6. The fourth-order valence-corrected chi connectivity index (χ4v) is 3.95. The summed E-state index contributed by atoms with van der Waals surface area (Å²) in [6.07, 6.45) is 2.38. The molecule has 32 heavy (non-hydrogen) atoms. The number of hydrogen-bond donors (Lipinski definition) is 0. The predicted molar refractivity (Wildman–Crippen MR) is 121 cm³/mol. The molecule has 1 fully saturated rings. The summed E-state index contributed by atoms with van der Waals surface area (Å²) in [5.74, 6) is 0.621. The Morgan fingerprint density at radius 2 is 1.88 bits per heavy atom. The molecule has 168 valence electrons. The van der Waals surface area contributed by atoms with Crippen LogP contribution in [0.5, 0.6) is 5.75 Å². The zero-order valence-electron chi connectivity index (χ0n) is 18.6. The molecule has 2 amide bonds. The number of carbonyl (C=O) groups excluding carboxylic acids is 2. The van der Waals surface area contributed by atoms with Gasteiger partial charge in [-0.1, -0.05) is 42.5 Å². The van der Waals surface area contributed by atoms with Crippen molar-refractivity contribution in [3.8, 4) is 5.75 Å². The number of methoxy groups -OCH3 is 2. The number of rotatable bonds is 9. The van der Waals surface area contributed by atoms with Crippen LogP contribution in [-0.4, -0.2) is 61.4 Å². The third-order valence-electron chi connectivity index (χ3n) is 5.88. The van der Waals surface area contributed by atoms with Gasteiger partial charge in [-0.3, -0.25) is 9.59 Å². The number of ether oxygens (including phenoxy) is 2. The smallest absolute Gasteiger partial charge is 0.262 e. The van der Waals surface area contributed by atoms with E-state index in [1.54, 1.807) is 24.1 Å². The van der Waals surface area contributed by atoms with Crippen molar-refractivity contribution >= 4 is 17.5 Å². The molecule has 0 saturated heterocycles. The van der Waals surface area contributed by atoms with Crippen molar-refractivity contribution in [3.05, 3.63) is 65.7 Å². The van der Waals surface area contributed by atoms with E-state index in [4.69, 9.17) is 14.6 Å². The highest BCUT2D eigenvalue weighted by atomic mass is 16.5. The van der Waals surface area contributed by atoms with Crippen LogP contribution in [0.15, 0.2) is 59.7 Å². The highest BCUT2D eigenvalue weighted by Gasteiger charge is 2.37. The fourth-order valence-electron chi connectivity index (χ4n) is 3.95. The normalized spacial score (nSPS) is 17.8. The molecule has 1 saturated carbocycles. The molecule has 2 aromatic carbocycles. The Balaban J connectivity index is 1.59. The molecule has 0 radical (unpaired) electrons. The Morgan fingerprint density at radius 3 is 2.56 bits per heavy atom. The number of nitrogens with zero attached hydrogens (tertiary/aromatic N) is 3. The van der Waals surface area contributed by atoms with E-state index in [-0.39, 0.29) is 30.3 Å². The molecule has 4 rings (SSSR count). The van der Waals surface area contributed by atoms with Crippen LogP contribution in [0.3, 0.4) is 0 Å². The van der Waals surface area contributed by atoms with Gasteiger partial charge in [-0.15, -0.1) is 0 Å². The molecule has 1 atom stereocenters. The lowest BCUT2D eigenvalue weighted by Crippen LogP contribution is -2.43. The predicted octanol–water partition coefficient (Wildman–Crippen LogP) is 3.26. The Hall–Kier alpha value is -3.19. The van der Waals surface area contributed by atoms with Crippen LogP contribution in [0.2, 0.25) is 0 Å². The SMILES string of the molecule is COCCN(CC(=O)N1N=C(c2cccc(OC)c2)C[C@@H]1c1ccccc1)C(=O)C1CC1. The minimum atomic E-state index is -0.217. The van der Waals surface area contributed by atoms with Crippen molar-refractivity contribution in [1.82, 2.24) is 9.91 Å². The first kappa shape index (κ1) is 22.0. The number of amides is 2. The van der Waals surface area contributed by atoms with Gasteiger partial charge in [0.2, 0.25) is 5.91 Å². The minimum Gasteiger partial charge on any atom is -0.497 e. The van der Waals surface area contributed by atoms with Crippen LogP contribution < -0.4 is 4.74 Å². The van der Waals surface area contributed by atoms with E-state index in [2.05, 4.69) is 0 Å². The van der Waals surface area contributed by atoms with Gasteiger partial charge in [0.1, 0.15) is 12.3 Å². The van der Waals surface area contributed by atoms with Gasteiger partial charge in [0, 0.05) is 31.6 Å². The molecule has 0 spiro atoms. The molecule has 1 aliphatic carbocycles. The van der Waals surface area contributed by atoms with Crippen molar-refractivity contribution in [1.29, 1.82) is 0 Å². The van der Waals surface area contributed by atoms with Gasteiger partial charge in [0.05, 0.1) is 25.5 Å². The maximum absolute atomic E-state index is 13.4. The lowest BCUT2D eigenvalue weighted by atomic mass is 9.98. The molecule has 1 heterocycles. The number of hydrazone groups is 1. The quantitative estimate of drug-likeness (QED) is 0.606. The molecule has 0 aromatic heterocycles. The lowest BCUT2D eigenvalue weighted by molar-refractivity contribution is -0.142. The summed E-state index contributed by atoms with van der Waals surface area (Å²) >= 11 is 0. The van der Waals surface area contributed by atoms with Crippen molar-refractivity contribution < 1.29 is 19.1 Å². The van der Waals surface area contributed by atoms with E-state index in [0.717, 1.165) is 35.4 Å². The zero-order chi connectivity index (χ0) is 22.5. The maximum atomic E-state index is 13.4. The first-order valence-corrected chi connectivity index (χ1v) is 11.0. The Bertz CT molecular complexity index is 988. The van der Waals surface area contributed by atoms with Crippen LogP contribution >= 0.6 is 0 Å². The van der Waals surface area contributed by atoms with Crippen molar-refractivity contribution in [2.45, 2.75) is 25.3 Å². The summed E-state index contributed by atoms with van der Waals surface area (Å²) in [5.41, 5.74) is 2.76. The Morgan fingerprint density at radius 1 is 1.09 bits per heavy atom. The van der Waals surface area contributed by atoms with Crippen LogP contribution in [0, 0.1) is 5.92 Å². The van der Waals surface area contributed by atoms with Gasteiger partial charge in [-0.05, 0) is 30.5 Å². The van der Waals surface area contributed by atoms with E-state index in [0.29, 0.717) is 19.6 Å². The molecule has 0 N–H and O–H groups in total. The van der Waals surface area contributed by atoms with E-state index in [1.165, 1.54) is 0 Å². The molecule has 0 unspecified atom stereocenters. The van der Waals surface area contributed by atoms with E-state index < -0.39 is 0 Å². The third-order valence-corrected chi connectivity index (χ3v) is 5.88. The average molecular weight is 436 g/mol. The minimum absolute atomic E-state index is 0.00306. The number of carbonyl (C=O) groups is 2. The lowest BCUT2D eigenvalue weighted by Gasteiger charge is -2.27. The van der Waals surface area contributed by atoms with E-state index in [1.807, 2.05) is 54.6 Å². The Kier molecular flexibility index (Phi) is 6.85. The van der Waals surface area contributed by atoms with Crippen LogP contribution in [-0.2, 0) is 14.3 Å². The van der Waals surface area contributed by atoms with Gasteiger partial charge in [-0.2, -0.15) is 5.10 Å². The second-order valence-electron chi connectivity index (χ2n) is 8.17. The second kappa shape index (κ2) is 9.96. The fraction of sp³-hybridized carbons (Fsp3) is 0.400. The highest BCUT2D eigenvalue weighted by molar-refractivity contribution is 6.03. The molecule has 2 aromatic rings. The molecule has 7 heteroatoms. The van der Waals surface area contributed by atoms with Gasteiger partial charge in [0.15, 0.2) is 0 Å². The zero-order valence-corrected chi connectivity index (χ0v) is 18.6.